The first-order valence-corrected chi connectivity index (χ1v) is 6.82. The van der Waals surface area contributed by atoms with Crippen LogP contribution in [0, 0.1) is 0 Å². The highest BCUT2D eigenvalue weighted by Gasteiger charge is 2.21. The number of aromatic nitrogens is 2. The number of carbonyl (C=O) groups is 2. The van der Waals surface area contributed by atoms with Crippen LogP contribution in [-0.2, 0) is 16.0 Å². The lowest BCUT2D eigenvalue weighted by molar-refractivity contribution is -0.141. The van der Waals surface area contributed by atoms with Gasteiger partial charge in [0.15, 0.2) is 0 Å². The minimum absolute atomic E-state index is 0.208. The minimum Gasteiger partial charge on any atom is -0.480 e. The van der Waals surface area contributed by atoms with Gasteiger partial charge in [0.25, 0.3) is 0 Å². The van der Waals surface area contributed by atoms with Gasteiger partial charge in [0.05, 0.1) is 6.33 Å². The number of carboxylic acids is 1. The number of H-pyrrole nitrogens is 1. The molecule has 1 amide bonds. The van der Waals surface area contributed by atoms with Gasteiger partial charge < -0.3 is 15.4 Å². The van der Waals surface area contributed by atoms with E-state index in [-0.39, 0.29) is 12.3 Å². The summed E-state index contributed by atoms with van der Waals surface area (Å²) in [6.07, 6.45) is 9.87. The maximum absolute atomic E-state index is 11.9. The lowest BCUT2D eigenvalue weighted by Gasteiger charge is -2.16. The van der Waals surface area contributed by atoms with E-state index in [4.69, 9.17) is 5.11 Å². The Morgan fingerprint density at radius 1 is 1.45 bits per heavy atom. The number of allylic oxidation sites excluding steroid dienone is 1. The fourth-order valence-electron chi connectivity index (χ4n) is 2.33. The maximum atomic E-state index is 11.9. The molecule has 0 fully saturated rings. The lowest BCUT2D eigenvalue weighted by atomic mass is 9.97. The summed E-state index contributed by atoms with van der Waals surface area (Å²) in [5, 5.41) is 11.7. The average Bonchev–Trinajstić information content (AvgIpc) is 2.92. The number of carbonyl (C=O) groups excluding carboxylic acids is 1. The normalized spacial score (nSPS) is 16.3. The average molecular weight is 277 g/mol. The second kappa shape index (κ2) is 6.88. The zero-order valence-corrected chi connectivity index (χ0v) is 11.3. The molecule has 0 aliphatic heterocycles. The van der Waals surface area contributed by atoms with Crippen molar-refractivity contribution in [3.8, 4) is 0 Å². The van der Waals surface area contributed by atoms with Crippen molar-refractivity contribution in [1.82, 2.24) is 15.3 Å². The second-order valence-electron chi connectivity index (χ2n) is 5.02. The Bertz CT molecular complexity index is 494. The van der Waals surface area contributed by atoms with Gasteiger partial charge in [0, 0.05) is 24.7 Å². The first kappa shape index (κ1) is 14.3. The van der Waals surface area contributed by atoms with E-state index in [0.29, 0.717) is 12.1 Å². The molecule has 20 heavy (non-hydrogen) atoms. The molecule has 2 rings (SSSR count). The molecule has 6 nitrogen and oxygen atoms in total. The van der Waals surface area contributed by atoms with E-state index in [1.807, 2.05) is 0 Å². The first-order chi connectivity index (χ1) is 9.65. The SMILES string of the molecule is O=C(CC1=CCCCC1)N[C@@H](Cc1cnc[nH]1)C(=O)O. The van der Waals surface area contributed by atoms with Gasteiger partial charge in [-0.25, -0.2) is 9.78 Å². The van der Waals surface area contributed by atoms with Gasteiger partial charge in [-0.1, -0.05) is 11.6 Å². The van der Waals surface area contributed by atoms with E-state index in [0.717, 1.165) is 24.8 Å². The van der Waals surface area contributed by atoms with E-state index in [9.17, 15) is 9.59 Å². The van der Waals surface area contributed by atoms with Crippen molar-refractivity contribution in [3.63, 3.8) is 0 Å². The van der Waals surface area contributed by atoms with Crippen molar-refractivity contribution in [2.45, 2.75) is 44.6 Å². The molecule has 1 heterocycles. The molecule has 0 bridgehead atoms. The van der Waals surface area contributed by atoms with Crippen molar-refractivity contribution in [1.29, 1.82) is 0 Å². The Kier molecular flexibility index (Phi) is 4.92. The van der Waals surface area contributed by atoms with E-state index in [1.54, 1.807) is 6.20 Å². The van der Waals surface area contributed by atoms with Gasteiger partial charge >= 0.3 is 5.97 Å². The molecular formula is C14H19N3O3. The van der Waals surface area contributed by atoms with Gasteiger partial charge in [-0.05, 0) is 25.7 Å². The van der Waals surface area contributed by atoms with Crippen LogP contribution in [0.25, 0.3) is 0 Å². The molecule has 1 aromatic rings. The first-order valence-electron chi connectivity index (χ1n) is 6.82. The van der Waals surface area contributed by atoms with Crippen LogP contribution in [0.1, 0.15) is 37.8 Å². The van der Waals surface area contributed by atoms with Crippen molar-refractivity contribution >= 4 is 11.9 Å². The molecule has 0 saturated carbocycles. The maximum Gasteiger partial charge on any atom is 0.326 e. The standard InChI is InChI=1S/C14H19N3O3/c18-13(6-10-4-2-1-3-5-10)17-12(14(19)20)7-11-8-15-9-16-11/h4,8-9,12H,1-3,5-7H2,(H,15,16)(H,17,18)(H,19,20)/t12-/m0/s1. The molecule has 1 aliphatic rings. The summed E-state index contributed by atoms with van der Waals surface area (Å²) in [5.41, 5.74) is 1.80. The molecule has 0 aromatic carbocycles. The zero-order valence-electron chi connectivity index (χ0n) is 11.3. The molecule has 108 valence electrons. The van der Waals surface area contributed by atoms with Crippen LogP contribution in [0.2, 0.25) is 0 Å². The zero-order chi connectivity index (χ0) is 14.4. The van der Waals surface area contributed by atoms with E-state index in [1.165, 1.54) is 12.7 Å². The van der Waals surface area contributed by atoms with E-state index >= 15 is 0 Å². The van der Waals surface area contributed by atoms with Crippen LogP contribution in [0.3, 0.4) is 0 Å². The van der Waals surface area contributed by atoms with Crippen molar-refractivity contribution in [2.24, 2.45) is 0 Å². The van der Waals surface area contributed by atoms with Crippen LogP contribution < -0.4 is 5.32 Å². The number of rotatable bonds is 6. The molecule has 0 spiro atoms. The van der Waals surface area contributed by atoms with Crippen LogP contribution >= 0.6 is 0 Å². The molecule has 1 atom stereocenters. The minimum atomic E-state index is -1.04. The number of amides is 1. The number of hydrogen-bond donors (Lipinski definition) is 3. The monoisotopic (exact) mass is 277 g/mol. The fourth-order valence-corrected chi connectivity index (χ4v) is 2.33. The number of aromatic amines is 1. The van der Waals surface area contributed by atoms with Crippen LogP contribution in [0.15, 0.2) is 24.2 Å². The highest BCUT2D eigenvalue weighted by Crippen LogP contribution is 2.19. The molecular weight excluding hydrogens is 258 g/mol. The van der Waals surface area contributed by atoms with Crippen LogP contribution in [0.4, 0.5) is 0 Å². The summed E-state index contributed by atoms with van der Waals surface area (Å²) in [5.74, 6) is -1.27. The summed E-state index contributed by atoms with van der Waals surface area (Å²) in [4.78, 5) is 29.8. The number of hydrogen-bond acceptors (Lipinski definition) is 3. The third-order valence-electron chi connectivity index (χ3n) is 3.38. The molecule has 1 aromatic heterocycles. The third kappa shape index (κ3) is 4.22. The Labute approximate surface area is 117 Å². The summed E-state index contributed by atoms with van der Waals surface area (Å²) in [6, 6.07) is -0.924. The molecule has 0 radical (unpaired) electrons. The van der Waals surface area contributed by atoms with E-state index in [2.05, 4.69) is 21.4 Å². The fraction of sp³-hybridized carbons (Fsp3) is 0.500. The Morgan fingerprint density at radius 2 is 2.30 bits per heavy atom. The molecule has 3 N–H and O–H groups in total. The summed E-state index contributed by atoms with van der Waals surface area (Å²) in [7, 11) is 0. The summed E-state index contributed by atoms with van der Waals surface area (Å²) < 4.78 is 0. The predicted octanol–water partition coefficient (Wildman–Crippen LogP) is 1.41. The third-order valence-corrected chi connectivity index (χ3v) is 3.38. The van der Waals surface area contributed by atoms with Crippen molar-refractivity contribution < 1.29 is 14.7 Å². The Balaban J connectivity index is 1.88. The summed E-state index contributed by atoms with van der Waals surface area (Å²) >= 11 is 0. The summed E-state index contributed by atoms with van der Waals surface area (Å²) in [6.45, 7) is 0. The Hall–Kier alpha value is -2.11. The number of imidazole rings is 1. The second-order valence-corrected chi connectivity index (χ2v) is 5.02. The van der Waals surface area contributed by atoms with Gasteiger partial charge in [0.1, 0.15) is 6.04 Å². The number of nitrogens with zero attached hydrogens (tertiary/aromatic N) is 1. The highest BCUT2D eigenvalue weighted by molar-refractivity contribution is 5.85. The topological polar surface area (TPSA) is 95.1 Å². The molecule has 6 heteroatoms. The largest absolute Gasteiger partial charge is 0.480 e. The van der Waals surface area contributed by atoms with Crippen LogP contribution in [0.5, 0.6) is 0 Å². The van der Waals surface area contributed by atoms with Gasteiger partial charge in [-0.2, -0.15) is 0 Å². The number of nitrogens with one attached hydrogen (secondary N) is 2. The van der Waals surface area contributed by atoms with Crippen molar-refractivity contribution in [3.05, 3.63) is 29.9 Å². The molecule has 1 aliphatic carbocycles. The van der Waals surface area contributed by atoms with Gasteiger partial charge in [0.2, 0.25) is 5.91 Å². The van der Waals surface area contributed by atoms with Crippen LogP contribution in [-0.4, -0.2) is 33.0 Å². The number of aliphatic carboxylic acids is 1. The highest BCUT2D eigenvalue weighted by atomic mass is 16.4. The van der Waals surface area contributed by atoms with Gasteiger partial charge in [-0.3, -0.25) is 4.79 Å². The number of carboxylic acid groups (broad SMARTS) is 1. The van der Waals surface area contributed by atoms with E-state index < -0.39 is 12.0 Å². The lowest BCUT2D eigenvalue weighted by Crippen LogP contribution is -2.42. The molecule has 0 saturated heterocycles. The Morgan fingerprint density at radius 3 is 2.90 bits per heavy atom. The predicted molar refractivity (Wildman–Crippen MR) is 73.0 cm³/mol. The van der Waals surface area contributed by atoms with Crippen molar-refractivity contribution in [2.75, 3.05) is 0 Å². The quantitative estimate of drug-likeness (QED) is 0.685. The van der Waals surface area contributed by atoms with Gasteiger partial charge in [-0.15, -0.1) is 0 Å². The molecule has 0 unspecified atom stereocenters. The smallest absolute Gasteiger partial charge is 0.326 e.